The molecule has 1 heterocycles. The molecule has 0 aromatic heterocycles. The van der Waals surface area contributed by atoms with Crippen LogP contribution >= 0.6 is 0 Å². The summed E-state index contributed by atoms with van der Waals surface area (Å²) in [6, 6.07) is 7.41. The van der Waals surface area contributed by atoms with Crippen molar-refractivity contribution in [3.05, 3.63) is 35.4 Å². The van der Waals surface area contributed by atoms with Crippen molar-refractivity contribution in [1.82, 2.24) is 0 Å². The van der Waals surface area contributed by atoms with E-state index in [0.29, 0.717) is 18.8 Å². The minimum absolute atomic E-state index is 0.205. The Labute approximate surface area is 95.4 Å². The summed E-state index contributed by atoms with van der Waals surface area (Å²) in [5.41, 5.74) is 1.57. The van der Waals surface area contributed by atoms with Gasteiger partial charge in [-0.25, -0.2) is 0 Å². The van der Waals surface area contributed by atoms with Crippen LogP contribution in [0.5, 0.6) is 0 Å². The molecule has 1 aliphatic rings. The smallest absolute Gasteiger partial charge is 0.197 e. The maximum absolute atomic E-state index is 10.8. The molecule has 0 saturated carbocycles. The standard InChI is InChI=1S/C13H16O3/c1-10(2)13(15-6-7-16-13)12-5-3-4-11(8-12)9-14/h3-5,8-10H,6-7H2,1-2H3. The molecule has 1 saturated heterocycles. The number of hydrogen-bond donors (Lipinski definition) is 0. The van der Waals surface area contributed by atoms with E-state index in [1.807, 2.05) is 18.2 Å². The molecule has 1 aromatic carbocycles. The number of carbonyl (C=O) groups excluding carboxylic acids is 1. The molecular weight excluding hydrogens is 204 g/mol. The van der Waals surface area contributed by atoms with Crippen LogP contribution in [0.3, 0.4) is 0 Å². The topological polar surface area (TPSA) is 35.5 Å². The second-order valence-electron chi connectivity index (χ2n) is 4.26. The Bertz CT molecular complexity index is 379. The quantitative estimate of drug-likeness (QED) is 0.733. The van der Waals surface area contributed by atoms with Crippen molar-refractivity contribution < 1.29 is 14.3 Å². The van der Waals surface area contributed by atoms with Gasteiger partial charge in [0.05, 0.1) is 13.2 Å². The molecule has 0 bridgehead atoms. The fourth-order valence-electron chi connectivity index (χ4n) is 2.09. The van der Waals surface area contributed by atoms with Gasteiger partial charge >= 0.3 is 0 Å². The SMILES string of the molecule is CC(C)C1(c2cccc(C=O)c2)OCCO1. The summed E-state index contributed by atoms with van der Waals surface area (Å²) in [6.45, 7) is 5.31. The summed E-state index contributed by atoms with van der Waals surface area (Å²) in [5.74, 6) is -0.476. The number of aldehydes is 1. The first-order chi connectivity index (χ1) is 7.69. The summed E-state index contributed by atoms with van der Waals surface area (Å²) < 4.78 is 11.5. The molecule has 1 aliphatic heterocycles. The van der Waals surface area contributed by atoms with E-state index in [0.717, 1.165) is 11.8 Å². The Morgan fingerprint density at radius 1 is 1.31 bits per heavy atom. The predicted octanol–water partition coefficient (Wildman–Crippen LogP) is 2.35. The molecule has 0 spiro atoms. The molecular formula is C13H16O3. The lowest BCUT2D eigenvalue weighted by molar-refractivity contribution is -0.197. The van der Waals surface area contributed by atoms with E-state index in [1.165, 1.54) is 0 Å². The first kappa shape index (κ1) is 11.3. The van der Waals surface area contributed by atoms with Crippen LogP contribution in [0.1, 0.15) is 29.8 Å². The van der Waals surface area contributed by atoms with Gasteiger partial charge < -0.3 is 9.47 Å². The van der Waals surface area contributed by atoms with Gasteiger partial charge in [0.15, 0.2) is 5.79 Å². The van der Waals surface area contributed by atoms with E-state index in [4.69, 9.17) is 9.47 Å². The van der Waals surface area contributed by atoms with E-state index in [1.54, 1.807) is 6.07 Å². The highest BCUT2D eigenvalue weighted by Crippen LogP contribution is 2.38. The number of benzene rings is 1. The first-order valence-corrected chi connectivity index (χ1v) is 5.52. The number of ether oxygens (including phenoxy) is 2. The molecule has 0 N–H and O–H groups in total. The predicted molar refractivity (Wildman–Crippen MR) is 60.2 cm³/mol. The minimum Gasteiger partial charge on any atom is -0.343 e. The molecule has 3 nitrogen and oxygen atoms in total. The molecule has 86 valence electrons. The van der Waals surface area contributed by atoms with Crippen molar-refractivity contribution in [2.75, 3.05) is 13.2 Å². The Morgan fingerprint density at radius 2 is 2.00 bits per heavy atom. The van der Waals surface area contributed by atoms with Gasteiger partial charge in [-0.05, 0) is 6.07 Å². The molecule has 1 fully saturated rings. The van der Waals surface area contributed by atoms with Crippen molar-refractivity contribution >= 4 is 6.29 Å². The van der Waals surface area contributed by atoms with Crippen LogP contribution in [0.2, 0.25) is 0 Å². The summed E-state index contributed by atoms with van der Waals surface area (Å²) in [6.07, 6.45) is 0.840. The lowest BCUT2D eigenvalue weighted by Gasteiger charge is -2.31. The van der Waals surface area contributed by atoms with E-state index in [9.17, 15) is 4.79 Å². The summed E-state index contributed by atoms with van der Waals surface area (Å²) >= 11 is 0. The number of carbonyl (C=O) groups is 1. The lowest BCUT2D eigenvalue weighted by atomic mass is 9.93. The maximum atomic E-state index is 10.8. The van der Waals surface area contributed by atoms with Crippen LogP contribution < -0.4 is 0 Å². The average Bonchev–Trinajstić information content (AvgIpc) is 2.79. The van der Waals surface area contributed by atoms with Gasteiger partial charge in [0.1, 0.15) is 6.29 Å². The Morgan fingerprint density at radius 3 is 2.56 bits per heavy atom. The first-order valence-electron chi connectivity index (χ1n) is 5.52. The molecule has 0 radical (unpaired) electrons. The zero-order valence-electron chi connectivity index (χ0n) is 9.60. The van der Waals surface area contributed by atoms with Gasteiger partial charge in [-0.1, -0.05) is 32.0 Å². The largest absolute Gasteiger partial charge is 0.343 e. The van der Waals surface area contributed by atoms with Gasteiger partial charge in [-0.2, -0.15) is 0 Å². The van der Waals surface area contributed by atoms with Gasteiger partial charge in [-0.15, -0.1) is 0 Å². The highest BCUT2D eigenvalue weighted by molar-refractivity contribution is 5.75. The maximum Gasteiger partial charge on any atom is 0.197 e. The summed E-state index contributed by atoms with van der Waals surface area (Å²) in [7, 11) is 0. The summed E-state index contributed by atoms with van der Waals surface area (Å²) in [5, 5.41) is 0. The Balaban J connectivity index is 2.42. The molecule has 0 amide bonds. The third kappa shape index (κ3) is 1.77. The van der Waals surface area contributed by atoms with Crippen LogP contribution in [-0.4, -0.2) is 19.5 Å². The molecule has 0 unspecified atom stereocenters. The zero-order valence-corrected chi connectivity index (χ0v) is 9.60. The minimum atomic E-state index is -0.682. The Kier molecular flexibility index (Phi) is 3.08. The highest BCUT2D eigenvalue weighted by atomic mass is 16.7. The molecule has 16 heavy (non-hydrogen) atoms. The van der Waals surface area contributed by atoms with Crippen LogP contribution in [0.15, 0.2) is 24.3 Å². The van der Waals surface area contributed by atoms with E-state index >= 15 is 0 Å². The molecule has 1 aromatic rings. The second kappa shape index (κ2) is 4.36. The Hall–Kier alpha value is -1.19. The van der Waals surface area contributed by atoms with Gasteiger partial charge in [0.25, 0.3) is 0 Å². The normalized spacial score (nSPS) is 18.9. The summed E-state index contributed by atoms with van der Waals surface area (Å²) in [4.78, 5) is 10.8. The van der Waals surface area contributed by atoms with Crippen LogP contribution in [0.4, 0.5) is 0 Å². The van der Waals surface area contributed by atoms with Crippen molar-refractivity contribution in [2.45, 2.75) is 19.6 Å². The van der Waals surface area contributed by atoms with Crippen LogP contribution in [0.25, 0.3) is 0 Å². The molecule has 2 rings (SSSR count). The van der Waals surface area contributed by atoms with E-state index < -0.39 is 5.79 Å². The number of hydrogen-bond acceptors (Lipinski definition) is 3. The molecule has 3 heteroatoms. The third-order valence-corrected chi connectivity index (χ3v) is 2.90. The zero-order chi connectivity index (χ0) is 11.6. The van der Waals surface area contributed by atoms with Crippen molar-refractivity contribution in [3.63, 3.8) is 0 Å². The third-order valence-electron chi connectivity index (χ3n) is 2.90. The second-order valence-corrected chi connectivity index (χ2v) is 4.26. The highest BCUT2D eigenvalue weighted by Gasteiger charge is 2.41. The van der Waals surface area contributed by atoms with Gasteiger partial charge in [0.2, 0.25) is 0 Å². The van der Waals surface area contributed by atoms with Crippen LogP contribution in [0, 0.1) is 5.92 Å². The molecule has 0 atom stereocenters. The van der Waals surface area contributed by atoms with Crippen molar-refractivity contribution in [3.8, 4) is 0 Å². The monoisotopic (exact) mass is 220 g/mol. The van der Waals surface area contributed by atoms with Crippen LogP contribution in [-0.2, 0) is 15.3 Å². The fraction of sp³-hybridized carbons (Fsp3) is 0.462. The van der Waals surface area contributed by atoms with Gasteiger partial charge in [0, 0.05) is 17.0 Å². The number of rotatable bonds is 3. The lowest BCUT2D eigenvalue weighted by Crippen LogP contribution is -2.33. The fourth-order valence-corrected chi connectivity index (χ4v) is 2.09. The average molecular weight is 220 g/mol. The van der Waals surface area contributed by atoms with Crippen molar-refractivity contribution in [1.29, 1.82) is 0 Å². The molecule has 0 aliphatic carbocycles. The van der Waals surface area contributed by atoms with Gasteiger partial charge in [-0.3, -0.25) is 4.79 Å². The van der Waals surface area contributed by atoms with Crippen molar-refractivity contribution in [2.24, 2.45) is 5.92 Å². The van der Waals surface area contributed by atoms with E-state index in [2.05, 4.69) is 13.8 Å². The van der Waals surface area contributed by atoms with E-state index in [-0.39, 0.29) is 5.92 Å².